The second-order valence-corrected chi connectivity index (χ2v) is 6.80. The number of rotatable bonds is 7. The monoisotopic (exact) mass is 290 g/mol. The Morgan fingerprint density at radius 3 is 2.00 bits per heavy atom. The van der Waals surface area contributed by atoms with Gasteiger partial charge in [-0.3, -0.25) is 0 Å². The number of hydrogen-bond donors (Lipinski definition) is 1. The normalized spacial score (nSPS) is 16.0. The van der Waals surface area contributed by atoms with Gasteiger partial charge in [-0.25, -0.2) is 0 Å². The van der Waals surface area contributed by atoms with E-state index in [1.54, 1.807) is 0 Å². The van der Waals surface area contributed by atoms with Crippen molar-refractivity contribution in [3.05, 3.63) is 34.4 Å². The lowest BCUT2D eigenvalue weighted by atomic mass is 9.82. The first-order valence-electron chi connectivity index (χ1n) is 8.23. The molecular weight excluding hydrogens is 256 g/mol. The zero-order chi connectivity index (χ0) is 16.2. The third kappa shape index (κ3) is 4.08. The van der Waals surface area contributed by atoms with Crippen LogP contribution in [0.4, 0.5) is 0 Å². The minimum Gasteiger partial charge on any atom is -0.312 e. The van der Waals surface area contributed by atoms with Crippen molar-refractivity contribution in [2.24, 2.45) is 0 Å². The van der Waals surface area contributed by atoms with Crippen LogP contribution in [0.5, 0.6) is 0 Å². The topological polar surface area (TPSA) is 15.3 Å². The van der Waals surface area contributed by atoms with E-state index in [1.807, 2.05) is 0 Å². The minimum atomic E-state index is 0.166. The number of nitrogens with zero attached hydrogens (tertiary/aromatic N) is 1. The molecule has 120 valence electrons. The summed E-state index contributed by atoms with van der Waals surface area (Å²) < 4.78 is 0. The SMILES string of the molecule is CCNC(Cc1c(C)cc(C)cc1C)C(C)(CC)N(C)C. The average Bonchev–Trinajstić information content (AvgIpc) is 2.40. The molecule has 0 aliphatic carbocycles. The molecule has 1 N–H and O–H groups in total. The first-order chi connectivity index (χ1) is 9.76. The summed E-state index contributed by atoms with van der Waals surface area (Å²) in [7, 11) is 4.39. The van der Waals surface area contributed by atoms with E-state index in [0.29, 0.717) is 6.04 Å². The van der Waals surface area contributed by atoms with Crippen LogP contribution in [0.2, 0.25) is 0 Å². The average molecular weight is 290 g/mol. The molecule has 0 aliphatic heterocycles. The summed E-state index contributed by atoms with van der Waals surface area (Å²) in [5.74, 6) is 0. The molecule has 0 aliphatic rings. The molecule has 2 unspecified atom stereocenters. The summed E-state index contributed by atoms with van der Waals surface area (Å²) in [5.41, 5.74) is 5.88. The van der Waals surface area contributed by atoms with Crippen molar-refractivity contribution in [3.63, 3.8) is 0 Å². The predicted molar refractivity (Wildman–Crippen MR) is 94.2 cm³/mol. The van der Waals surface area contributed by atoms with E-state index in [9.17, 15) is 0 Å². The molecule has 1 aromatic rings. The van der Waals surface area contributed by atoms with E-state index in [2.05, 4.69) is 78.0 Å². The standard InChI is InChI=1S/C19H34N2/c1-9-19(6,21(7)8)18(20-10-2)13-17-15(4)11-14(3)12-16(17)5/h11-12,18,20H,9-10,13H2,1-8H3. The van der Waals surface area contributed by atoms with Crippen molar-refractivity contribution in [1.29, 1.82) is 0 Å². The summed E-state index contributed by atoms with van der Waals surface area (Å²) in [6.45, 7) is 14.6. The van der Waals surface area contributed by atoms with Crippen LogP contribution >= 0.6 is 0 Å². The van der Waals surface area contributed by atoms with E-state index in [1.165, 1.54) is 22.3 Å². The molecule has 1 aromatic carbocycles. The molecule has 21 heavy (non-hydrogen) atoms. The molecule has 2 heteroatoms. The quantitative estimate of drug-likeness (QED) is 0.820. The summed E-state index contributed by atoms with van der Waals surface area (Å²) >= 11 is 0. The Morgan fingerprint density at radius 1 is 1.10 bits per heavy atom. The minimum absolute atomic E-state index is 0.166. The van der Waals surface area contributed by atoms with Gasteiger partial charge in [-0.05, 0) is 77.9 Å². The van der Waals surface area contributed by atoms with Gasteiger partial charge in [0.1, 0.15) is 0 Å². The highest BCUT2D eigenvalue weighted by molar-refractivity contribution is 5.38. The third-order valence-electron chi connectivity index (χ3n) is 5.19. The number of hydrogen-bond acceptors (Lipinski definition) is 2. The van der Waals surface area contributed by atoms with Crippen molar-refractivity contribution >= 4 is 0 Å². The predicted octanol–water partition coefficient (Wildman–Crippen LogP) is 3.86. The molecule has 0 fully saturated rings. The lowest BCUT2D eigenvalue weighted by molar-refractivity contribution is 0.113. The number of nitrogens with one attached hydrogen (secondary N) is 1. The molecular formula is C19H34N2. The fourth-order valence-corrected chi connectivity index (χ4v) is 3.37. The summed E-state index contributed by atoms with van der Waals surface area (Å²) in [6.07, 6.45) is 2.23. The number of benzene rings is 1. The first-order valence-corrected chi connectivity index (χ1v) is 8.23. The van der Waals surface area contributed by atoms with Gasteiger partial charge in [0.05, 0.1) is 0 Å². The Labute approximate surface area is 131 Å². The second kappa shape index (κ2) is 7.42. The van der Waals surface area contributed by atoms with Gasteiger partial charge in [0, 0.05) is 11.6 Å². The molecule has 2 atom stereocenters. The van der Waals surface area contributed by atoms with Gasteiger partial charge in [-0.1, -0.05) is 31.5 Å². The molecule has 2 nitrogen and oxygen atoms in total. The van der Waals surface area contributed by atoms with Gasteiger partial charge < -0.3 is 10.2 Å². The first kappa shape index (κ1) is 18.2. The van der Waals surface area contributed by atoms with Crippen molar-refractivity contribution in [2.45, 2.75) is 66.0 Å². The van der Waals surface area contributed by atoms with Crippen molar-refractivity contribution in [2.75, 3.05) is 20.6 Å². The Balaban J connectivity index is 3.15. The fraction of sp³-hybridized carbons (Fsp3) is 0.684. The van der Waals surface area contributed by atoms with Crippen LogP contribution in [-0.2, 0) is 6.42 Å². The molecule has 1 rings (SSSR count). The highest BCUT2D eigenvalue weighted by Crippen LogP contribution is 2.26. The maximum absolute atomic E-state index is 3.73. The zero-order valence-electron chi connectivity index (χ0n) is 15.3. The summed E-state index contributed by atoms with van der Waals surface area (Å²) in [4.78, 5) is 2.37. The third-order valence-corrected chi connectivity index (χ3v) is 5.19. The number of likely N-dealkylation sites (N-methyl/N-ethyl adjacent to an activating group) is 2. The van der Waals surface area contributed by atoms with E-state index in [4.69, 9.17) is 0 Å². The van der Waals surface area contributed by atoms with Gasteiger partial charge in [-0.2, -0.15) is 0 Å². The largest absolute Gasteiger partial charge is 0.312 e. The highest BCUT2D eigenvalue weighted by atomic mass is 15.2. The second-order valence-electron chi connectivity index (χ2n) is 6.80. The van der Waals surface area contributed by atoms with Crippen LogP contribution in [0.15, 0.2) is 12.1 Å². The Morgan fingerprint density at radius 2 is 1.62 bits per heavy atom. The van der Waals surface area contributed by atoms with Gasteiger partial charge in [0.25, 0.3) is 0 Å². The van der Waals surface area contributed by atoms with Gasteiger partial charge >= 0.3 is 0 Å². The smallest absolute Gasteiger partial charge is 0.0328 e. The Kier molecular flexibility index (Phi) is 6.42. The van der Waals surface area contributed by atoms with E-state index >= 15 is 0 Å². The Hall–Kier alpha value is -0.860. The van der Waals surface area contributed by atoms with Crippen LogP contribution < -0.4 is 5.32 Å². The lowest BCUT2D eigenvalue weighted by Crippen LogP contribution is -2.57. The van der Waals surface area contributed by atoms with Gasteiger partial charge in [-0.15, -0.1) is 0 Å². The maximum Gasteiger partial charge on any atom is 0.0328 e. The van der Waals surface area contributed by atoms with E-state index < -0.39 is 0 Å². The molecule has 0 aromatic heterocycles. The molecule has 0 bridgehead atoms. The van der Waals surface area contributed by atoms with Crippen LogP contribution in [-0.4, -0.2) is 37.1 Å². The zero-order valence-corrected chi connectivity index (χ0v) is 15.3. The molecule has 0 saturated heterocycles. The van der Waals surface area contributed by atoms with Crippen molar-refractivity contribution in [3.8, 4) is 0 Å². The molecule has 0 radical (unpaired) electrons. The maximum atomic E-state index is 3.73. The lowest BCUT2D eigenvalue weighted by Gasteiger charge is -2.43. The Bertz CT molecular complexity index is 442. The number of aryl methyl sites for hydroxylation is 3. The molecule has 0 spiro atoms. The van der Waals surface area contributed by atoms with Crippen LogP contribution in [0.25, 0.3) is 0 Å². The molecule has 0 amide bonds. The van der Waals surface area contributed by atoms with Gasteiger partial charge in [0.2, 0.25) is 0 Å². The summed E-state index contributed by atoms with van der Waals surface area (Å²) in [5, 5.41) is 3.73. The fourth-order valence-electron chi connectivity index (χ4n) is 3.37. The van der Waals surface area contributed by atoms with Crippen LogP contribution in [0, 0.1) is 20.8 Å². The van der Waals surface area contributed by atoms with Crippen LogP contribution in [0.1, 0.15) is 49.4 Å². The molecule has 0 saturated carbocycles. The van der Waals surface area contributed by atoms with E-state index in [-0.39, 0.29) is 5.54 Å². The van der Waals surface area contributed by atoms with Crippen molar-refractivity contribution in [1.82, 2.24) is 10.2 Å². The molecule has 0 heterocycles. The van der Waals surface area contributed by atoms with Crippen molar-refractivity contribution < 1.29 is 0 Å². The highest BCUT2D eigenvalue weighted by Gasteiger charge is 2.34. The summed E-state index contributed by atoms with van der Waals surface area (Å²) in [6, 6.07) is 5.08. The van der Waals surface area contributed by atoms with Gasteiger partial charge in [0.15, 0.2) is 0 Å². The van der Waals surface area contributed by atoms with Crippen LogP contribution in [0.3, 0.4) is 0 Å². The van der Waals surface area contributed by atoms with E-state index in [0.717, 1.165) is 19.4 Å².